The van der Waals surface area contributed by atoms with Crippen LogP contribution in [0.4, 0.5) is 4.39 Å². The molecule has 0 bridgehead atoms. The lowest BCUT2D eigenvalue weighted by Crippen LogP contribution is -2.37. The topological polar surface area (TPSA) is 73.6 Å². The maximum atomic E-state index is 13.5. The van der Waals surface area contributed by atoms with Gasteiger partial charge >= 0.3 is 0 Å². The first-order valence-corrected chi connectivity index (χ1v) is 8.28. The summed E-state index contributed by atoms with van der Waals surface area (Å²) in [5, 5.41) is 6.68. The second-order valence-corrected chi connectivity index (χ2v) is 6.30. The van der Waals surface area contributed by atoms with Crippen molar-refractivity contribution in [2.45, 2.75) is 45.6 Å². The van der Waals surface area contributed by atoms with Gasteiger partial charge in [0.15, 0.2) is 17.3 Å². The van der Waals surface area contributed by atoms with Crippen LogP contribution >= 0.6 is 0 Å². The molecule has 3 rings (SSSR count). The standard InChI is InChI=1S/C18H21FN2O4/c1-11-7-12(2)24-17(11)18(22)20-9-13-8-14(25-21-13)10-23-16-6-4-3-5-15(16)19/h3-6,8,11-12,17H,7,9-10H2,1-2H3,(H,20,22)/t11-,12-,17+/m1/s1. The number of amides is 1. The largest absolute Gasteiger partial charge is 0.482 e. The summed E-state index contributed by atoms with van der Waals surface area (Å²) in [4.78, 5) is 12.2. The summed E-state index contributed by atoms with van der Waals surface area (Å²) in [5.74, 6) is 0.206. The molecule has 1 aliphatic heterocycles. The number of carbonyl (C=O) groups is 1. The van der Waals surface area contributed by atoms with Crippen LogP contribution in [0.5, 0.6) is 5.75 Å². The first-order chi connectivity index (χ1) is 12.0. The van der Waals surface area contributed by atoms with Gasteiger partial charge in [-0.1, -0.05) is 24.2 Å². The summed E-state index contributed by atoms with van der Waals surface area (Å²) < 4.78 is 29.6. The van der Waals surface area contributed by atoms with Crippen LogP contribution in [-0.4, -0.2) is 23.3 Å². The Morgan fingerprint density at radius 3 is 2.92 bits per heavy atom. The van der Waals surface area contributed by atoms with Gasteiger partial charge in [0.2, 0.25) is 5.91 Å². The quantitative estimate of drug-likeness (QED) is 0.869. The number of ether oxygens (including phenoxy) is 2. The molecule has 0 aliphatic carbocycles. The van der Waals surface area contributed by atoms with E-state index in [0.717, 1.165) is 6.42 Å². The van der Waals surface area contributed by atoms with E-state index in [0.29, 0.717) is 11.5 Å². The molecule has 2 aromatic rings. The molecule has 134 valence electrons. The minimum Gasteiger partial charge on any atom is -0.482 e. The Morgan fingerprint density at radius 2 is 2.20 bits per heavy atom. The number of para-hydroxylation sites is 1. The van der Waals surface area contributed by atoms with Crippen LogP contribution < -0.4 is 10.1 Å². The van der Waals surface area contributed by atoms with Crippen molar-refractivity contribution in [2.75, 3.05) is 0 Å². The molecule has 2 heterocycles. The van der Waals surface area contributed by atoms with Crippen molar-refractivity contribution in [1.29, 1.82) is 0 Å². The third kappa shape index (κ3) is 4.36. The minimum absolute atomic E-state index is 0.0577. The fraction of sp³-hybridized carbons (Fsp3) is 0.444. The molecule has 1 saturated heterocycles. The van der Waals surface area contributed by atoms with Gasteiger partial charge in [-0.25, -0.2) is 4.39 Å². The number of rotatable bonds is 6. The number of hydrogen-bond donors (Lipinski definition) is 1. The van der Waals surface area contributed by atoms with Crippen LogP contribution in [0.15, 0.2) is 34.9 Å². The van der Waals surface area contributed by atoms with Crippen molar-refractivity contribution in [3.8, 4) is 5.75 Å². The first-order valence-electron chi connectivity index (χ1n) is 8.28. The molecule has 1 fully saturated rings. The van der Waals surface area contributed by atoms with E-state index in [1.54, 1.807) is 18.2 Å². The van der Waals surface area contributed by atoms with Crippen molar-refractivity contribution in [3.05, 3.63) is 47.6 Å². The normalized spacial score (nSPS) is 22.8. The SMILES string of the molecule is C[C@@H]1C[C@@H](C)[C@@H](C(=O)NCc2cc(COc3ccccc3F)on2)O1. The minimum atomic E-state index is -0.436. The molecule has 0 saturated carbocycles. The zero-order valence-corrected chi connectivity index (χ0v) is 14.2. The highest BCUT2D eigenvalue weighted by molar-refractivity contribution is 5.81. The highest BCUT2D eigenvalue weighted by atomic mass is 19.1. The fourth-order valence-electron chi connectivity index (χ4n) is 2.90. The Labute approximate surface area is 145 Å². The summed E-state index contributed by atoms with van der Waals surface area (Å²) in [6.07, 6.45) is 0.547. The van der Waals surface area contributed by atoms with Crippen LogP contribution in [-0.2, 0) is 22.7 Å². The number of nitrogens with one attached hydrogen (secondary N) is 1. The number of halogens is 1. The summed E-state index contributed by atoms with van der Waals surface area (Å²) in [6, 6.07) is 7.81. The van der Waals surface area contributed by atoms with Crippen molar-refractivity contribution in [1.82, 2.24) is 10.5 Å². The second-order valence-electron chi connectivity index (χ2n) is 6.30. The van der Waals surface area contributed by atoms with Gasteiger partial charge < -0.3 is 19.3 Å². The molecule has 7 heteroatoms. The molecule has 1 aliphatic rings. The molecule has 1 aromatic carbocycles. The molecule has 1 N–H and O–H groups in total. The Balaban J connectivity index is 1.49. The summed E-state index contributed by atoms with van der Waals surface area (Å²) in [6.45, 7) is 4.26. The lowest BCUT2D eigenvalue weighted by Gasteiger charge is -2.14. The van der Waals surface area contributed by atoms with Gasteiger partial charge in [0.25, 0.3) is 0 Å². The van der Waals surface area contributed by atoms with Crippen molar-refractivity contribution in [2.24, 2.45) is 5.92 Å². The highest BCUT2D eigenvalue weighted by Crippen LogP contribution is 2.25. The summed E-state index contributed by atoms with van der Waals surface area (Å²) in [7, 11) is 0. The zero-order chi connectivity index (χ0) is 17.8. The van der Waals surface area contributed by atoms with E-state index in [1.807, 2.05) is 13.8 Å². The van der Waals surface area contributed by atoms with E-state index in [4.69, 9.17) is 14.0 Å². The average Bonchev–Trinajstić information content (AvgIpc) is 3.18. The average molecular weight is 348 g/mol. The van der Waals surface area contributed by atoms with E-state index < -0.39 is 11.9 Å². The summed E-state index contributed by atoms with van der Waals surface area (Å²) in [5.41, 5.74) is 0.569. The lowest BCUT2D eigenvalue weighted by molar-refractivity contribution is -0.133. The van der Waals surface area contributed by atoms with Gasteiger partial charge in [0, 0.05) is 6.07 Å². The number of carbonyl (C=O) groups excluding carboxylic acids is 1. The number of nitrogens with zero attached hydrogens (tertiary/aromatic N) is 1. The van der Waals surface area contributed by atoms with Gasteiger partial charge in [-0.15, -0.1) is 0 Å². The Bertz CT molecular complexity index is 733. The molecular weight excluding hydrogens is 327 g/mol. The Hall–Kier alpha value is -2.41. The predicted octanol–water partition coefficient (Wildman–Crippen LogP) is 2.82. The predicted molar refractivity (Wildman–Crippen MR) is 87.2 cm³/mol. The van der Waals surface area contributed by atoms with Crippen LogP contribution in [0.1, 0.15) is 31.7 Å². The monoisotopic (exact) mass is 348 g/mol. The number of hydrogen-bond acceptors (Lipinski definition) is 5. The van der Waals surface area contributed by atoms with E-state index >= 15 is 0 Å². The molecule has 0 radical (unpaired) electrons. The van der Waals surface area contributed by atoms with Crippen LogP contribution in [0.25, 0.3) is 0 Å². The Kier molecular flexibility index (Phi) is 5.33. The molecule has 3 atom stereocenters. The molecule has 1 amide bonds. The van der Waals surface area contributed by atoms with Gasteiger partial charge in [-0.05, 0) is 31.4 Å². The number of benzene rings is 1. The molecular formula is C18H21FN2O4. The van der Waals surface area contributed by atoms with Gasteiger partial charge in [-0.3, -0.25) is 4.79 Å². The first kappa shape index (κ1) is 17.4. The van der Waals surface area contributed by atoms with Gasteiger partial charge in [0.1, 0.15) is 18.4 Å². The van der Waals surface area contributed by atoms with Crippen LogP contribution in [0.3, 0.4) is 0 Å². The highest BCUT2D eigenvalue weighted by Gasteiger charge is 2.34. The second kappa shape index (κ2) is 7.65. The fourth-order valence-corrected chi connectivity index (χ4v) is 2.90. The third-order valence-electron chi connectivity index (χ3n) is 4.12. The smallest absolute Gasteiger partial charge is 0.249 e. The maximum absolute atomic E-state index is 13.5. The van der Waals surface area contributed by atoms with Crippen molar-refractivity contribution < 1.29 is 23.2 Å². The zero-order valence-electron chi connectivity index (χ0n) is 14.2. The van der Waals surface area contributed by atoms with Gasteiger partial charge in [0.05, 0.1) is 12.6 Å². The summed E-state index contributed by atoms with van der Waals surface area (Å²) >= 11 is 0. The van der Waals surface area contributed by atoms with Gasteiger partial charge in [-0.2, -0.15) is 0 Å². The molecule has 1 aromatic heterocycles. The molecule has 0 unspecified atom stereocenters. The molecule has 6 nitrogen and oxygen atoms in total. The van der Waals surface area contributed by atoms with E-state index in [-0.39, 0.29) is 36.8 Å². The van der Waals surface area contributed by atoms with Crippen LogP contribution in [0.2, 0.25) is 0 Å². The molecule has 25 heavy (non-hydrogen) atoms. The van der Waals surface area contributed by atoms with E-state index in [9.17, 15) is 9.18 Å². The third-order valence-corrected chi connectivity index (χ3v) is 4.12. The van der Waals surface area contributed by atoms with Crippen molar-refractivity contribution in [3.63, 3.8) is 0 Å². The molecule has 0 spiro atoms. The Morgan fingerprint density at radius 1 is 1.40 bits per heavy atom. The van der Waals surface area contributed by atoms with E-state index in [1.165, 1.54) is 12.1 Å². The lowest BCUT2D eigenvalue weighted by atomic mass is 10.0. The van der Waals surface area contributed by atoms with Crippen LogP contribution in [0, 0.1) is 11.7 Å². The van der Waals surface area contributed by atoms with E-state index in [2.05, 4.69) is 10.5 Å². The van der Waals surface area contributed by atoms with Crippen molar-refractivity contribution >= 4 is 5.91 Å². The number of aromatic nitrogens is 1. The maximum Gasteiger partial charge on any atom is 0.249 e.